The Morgan fingerprint density at radius 3 is 2.78 bits per heavy atom. The quantitative estimate of drug-likeness (QED) is 0.728. The van der Waals surface area contributed by atoms with Crippen molar-refractivity contribution < 1.29 is 22.5 Å². The van der Waals surface area contributed by atoms with Gasteiger partial charge in [-0.2, -0.15) is 0 Å². The fourth-order valence-corrected chi connectivity index (χ4v) is 3.63. The lowest BCUT2D eigenvalue weighted by Crippen LogP contribution is -2.31. The van der Waals surface area contributed by atoms with Crippen molar-refractivity contribution in [2.24, 2.45) is 5.92 Å². The van der Waals surface area contributed by atoms with Crippen LogP contribution in [0.4, 0.5) is 8.78 Å². The zero-order valence-electron chi connectivity index (χ0n) is 10.8. The third-order valence-electron chi connectivity index (χ3n) is 3.27. The normalized spacial score (nSPS) is 26.3. The fraction of sp³-hybridized carbons (Fsp3) is 0.917. The Labute approximate surface area is 109 Å². The van der Waals surface area contributed by atoms with Crippen molar-refractivity contribution in [1.82, 2.24) is 0 Å². The number of rotatable bonds is 5. The summed E-state index contributed by atoms with van der Waals surface area (Å²) in [5, 5.41) is -0.340. The molecule has 3 atom stereocenters. The smallest absolute Gasteiger partial charge is 0.306 e. The Kier molecular flexibility index (Phi) is 5.69. The van der Waals surface area contributed by atoms with Crippen LogP contribution in [0.15, 0.2) is 0 Å². The summed E-state index contributed by atoms with van der Waals surface area (Å²) in [5.74, 6) is -2.97. The maximum atomic E-state index is 13.2. The molecule has 0 amide bonds. The second-order valence-electron chi connectivity index (χ2n) is 4.96. The van der Waals surface area contributed by atoms with Crippen molar-refractivity contribution in [2.45, 2.75) is 50.2 Å². The third-order valence-corrected chi connectivity index (χ3v) is 5.14. The summed E-state index contributed by atoms with van der Waals surface area (Å²) >= 11 is 0. The number of halogens is 2. The first-order chi connectivity index (χ1) is 8.34. The molecule has 0 N–H and O–H groups in total. The highest BCUT2D eigenvalue weighted by atomic mass is 32.2. The van der Waals surface area contributed by atoms with Gasteiger partial charge < -0.3 is 4.74 Å². The molecule has 3 unspecified atom stereocenters. The van der Waals surface area contributed by atoms with Gasteiger partial charge in [-0.05, 0) is 18.8 Å². The van der Waals surface area contributed by atoms with Gasteiger partial charge >= 0.3 is 5.97 Å². The molecular weight excluding hydrogens is 262 g/mol. The van der Waals surface area contributed by atoms with Gasteiger partial charge in [0.1, 0.15) is 0 Å². The van der Waals surface area contributed by atoms with E-state index in [0.29, 0.717) is 12.8 Å². The van der Waals surface area contributed by atoms with E-state index >= 15 is 0 Å². The predicted molar refractivity (Wildman–Crippen MR) is 66.0 cm³/mol. The van der Waals surface area contributed by atoms with Gasteiger partial charge in [-0.1, -0.05) is 6.92 Å². The number of carbonyl (C=O) groups is 1. The molecule has 0 saturated heterocycles. The third kappa shape index (κ3) is 5.00. The number of hydrogen-bond donors (Lipinski definition) is 0. The van der Waals surface area contributed by atoms with Crippen LogP contribution in [-0.4, -0.2) is 34.2 Å². The van der Waals surface area contributed by atoms with Crippen LogP contribution in [0.3, 0.4) is 0 Å². The molecule has 6 heteroatoms. The van der Waals surface area contributed by atoms with Crippen molar-refractivity contribution >= 4 is 16.8 Å². The predicted octanol–water partition coefficient (Wildman–Crippen LogP) is 2.51. The molecule has 0 aromatic carbocycles. The lowest BCUT2D eigenvalue weighted by Gasteiger charge is -2.29. The van der Waals surface area contributed by atoms with Crippen LogP contribution >= 0.6 is 0 Å². The van der Waals surface area contributed by atoms with E-state index in [2.05, 4.69) is 4.74 Å². The second-order valence-corrected chi connectivity index (χ2v) is 6.86. The van der Waals surface area contributed by atoms with E-state index in [4.69, 9.17) is 0 Å². The van der Waals surface area contributed by atoms with Crippen molar-refractivity contribution in [3.05, 3.63) is 0 Å². The van der Waals surface area contributed by atoms with Crippen LogP contribution in [0.5, 0.6) is 0 Å². The molecule has 1 aliphatic carbocycles. The summed E-state index contributed by atoms with van der Waals surface area (Å²) in [6.45, 7) is 1.69. The summed E-state index contributed by atoms with van der Waals surface area (Å²) in [4.78, 5) is 11.0. The van der Waals surface area contributed by atoms with Gasteiger partial charge in [0, 0.05) is 34.6 Å². The van der Waals surface area contributed by atoms with Crippen molar-refractivity contribution in [1.29, 1.82) is 0 Å². The minimum atomic E-state index is -2.61. The van der Waals surface area contributed by atoms with Gasteiger partial charge in [0.25, 0.3) is 0 Å². The van der Waals surface area contributed by atoms with Gasteiger partial charge in [0.15, 0.2) is 0 Å². The van der Waals surface area contributed by atoms with E-state index in [1.54, 1.807) is 6.92 Å². The lowest BCUT2D eigenvalue weighted by molar-refractivity contribution is -0.140. The van der Waals surface area contributed by atoms with Crippen molar-refractivity contribution in [3.63, 3.8) is 0 Å². The van der Waals surface area contributed by atoms with E-state index in [1.807, 2.05) is 0 Å². The molecule has 1 fully saturated rings. The molecule has 0 heterocycles. The van der Waals surface area contributed by atoms with E-state index in [1.165, 1.54) is 7.11 Å². The topological polar surface area (TPSA) is 43.4 Å². The average Bonchev–Trinajstić information content (AvgIpc) is 2.27. The first-order valence-corrected chi connectivity index (χ1v) is 7.54. The molecule has 0 bridgehead atoms. The summed E-state index contributed by atoms with van der Waals surface area (Å²) in [6, 6.07) is 0. The minimum absolute atomic E-state index is 0.0617. The number of alkyl halides is 2. The molecule has 106 valence electrons. The number of ether oxygens (including phenoxy) is 1. The zero-order chi connectivity index (χ0) is 13.8. The lowest BCUT2D eigenvalue weighted by atomic mass is 9.88. The summed E-state index contributed by atoms with van der Waals surface area (Å²) in [5.41, 5.74) is 0. The second kappa shape index (κ2) is 6.59. The van der Waals surface area contributed by atoms with E-state index < -0.39 is 22.7 Å². The van der Waals surface area contributed by atoms with Gasteiger partial charge in [-0.25, -0.2) is 8.78 Å². The number of esters is 1. The highest BCUT2D eigenvalue weighted by Crippen LogP contribution is 2.37. The maximum absolute atomic E-state index is 13.2. The summed E-state index contributed by atoms with van der Waals surface area (Å²) in [7, 11) is 0.0256. The van der Waals surface area contributed by atoms with Gasteiger partial charge in [0.2, 0.25) is 5.92 Å². The first kappa shape index (κ1) is 15.5. The average molecular weight is 282 g/mol. The Balaban J connectivity index is 2.42. The number of hydrogen-bond acceptors (Lipinski definition) is 3. The monoisotopic (exact) mass is 282 g/mol. The number of methoxy groups -OCH3 is 1. The Morgan fingerprint density at radius 1 is 1.56 bits per heavy atom. The Hall–Kier alpha value is -0.520. The molecule has 0 aromatic heterocycles. The SMILES string of the molecule is COC(=O)CC(C)S(=O)CC1CCCC(F)(F)C1. The molecule has 1 saturated carbocycles. The van der Waals surface area contributed by atoms with Crippen LogP contribution in [-0.2, 0) is 20.3 Å². The van der Waals surface area contributed by atoms with Gasteiger partial charge in [0.05, 0.1) is 13.5 Å². The van der Waals surface area contributed by atoms with Crippen molar-refractivity contribution in [2.75, 3.05) is 12.9 Å². The van der Waals surface area contributed by atoms with E-state index in [-0.39, 0.29) is 36.2 Å². The molecule has 18 heavy (non-hydrogen) atoms. The molecule has 0 spiro atoms. The molecule has 1 rings (SSSR count). The largest absolute Gasteiger partial charge is 0.469 e. The number of carbonyl (C=O) groups excluding carboxylic acids is 1. The first-order valence-electron chi connectivity index (χ1n) is 6.16. The molecule has 3 nitrogen and oxygen atoms in total. The van der Waals surface area contributed by atoms with Crippen molar-refractivity contribution in [3.8, 4) is 0 Å². The summed E-state index contributed by atoms with van der Waals surface area (Å²) < 4.78 is 42.8. The molecule has 0 radical (unpaired) electrons. The maximum Gasteiger partial charge on any atom is 0.306 e. The van der Waals surface area contributed by atoms with Crippen LogP contribution in [0, 0.1) is 5.92 Å². The standard InChI is InChI=1S/C12H20F2O3S/c1-9(6-11(15)17-2)18(16)8-10-4-3-5-12(13,14)7-10/h9-10H,3-8H2,1-2H3. The van der Waals surface area contributed by atoms with Crippen LogP contribution in [0.2, 0.25) is 0 Å². The zero-order valence-corrected chi connectivity index (χ0v) is 11.6. The van der Waals surface area contributed by atoms with Crippen LogP contribution in [0.1, 0.15) is 39.0 Å². The van der Waals surface area contributed by atoms with Crippen LogP contribution < -0.4 is 0 Å². The Morgan fingerprint density at radius 2 is 2.22 bits per heavy atom. The summed E-state index contributed by atoms with van der Waals surface area (Å²) in [6.07, 6.45) is 1.02. The van der Waals surface area contributed by atoms with Gasteiger partial charge in [-0.15, -0.1) is 0 Å². The van der Waals surface area contributed by atoms with E-state index in [9.17, 15) is 17.8 Å². The van der Waals surface area contributed by atoms with Crippen LogP contribution in [0.25, 0.3) is 0 Å². The molecule has 1 aliphatic rings. The molecule has 0 aromatic rings. The highest BCUT2D eigenvalue weighted by Gasteiger charge is 2.37. The molecular formula is C12H20F2O3S. The Bertz CT molecular complexity index is 320. The highest BCUT2D eigenvalue weighted by molar-refractivity contribution is 7.85. The minimum Gasteiger partial charge on any atom is -0.469 e. The van der Waals surface area contributed by atoms with E-state index in [0.717, 1.165) is 0 Å². The van der Waals surface area contributed by atoms with Gasteiger partial charge in [-0.3, -0.25) is 9.00 Å². The fourth-order valence-electron chi connectivity index (χ4n) is 2.23. The molecule has 0 aliphatic heterocycles.